The van der Waals surface area contributed by atoms with Crippen LogP contribution in [0.5, 0.6) is 0 Å². The van der Waals surface area contributed by atoms with Crippen LogP contribution < -0.4 is 4.90 Å². The van der Waals surface area contributed by atoms with Crippen molar-refractivity contribution in [1.29, 1.82) is 0 Å². The number of ether oxygens (including phenoxy) is 1. The summed E-state index contributed by atoms with van der Waals surface area (Å²) in [6, 6.07) is 7.04. The lowest BCUT2D eigenvalue weighted by Gasteiger charge is -2.26. The van der Waals surface area contributed by atoms with E-state index in [1.165, 1.54) is 17.1 Å². The SMILES string of the molecule is CC.O=S(=O)(c1ccc(-c2csc(N3CCCC3)n2)cc1)N1CCOCC1. The number of sulfonamides is 1. The van der Waals surface area contributed by atoms with Gasteiger partial charge in [0.05, 0.1) is 23.8 Å². The van der Waals surface area contributed by atoms with Crippen molar-refractivity contribution in [1.82, 2.24) is 9.29 Å². The van der Waals surface area contributed by atoms with Crippen LogP contribution >= 0.6 is 11.3 Å². The van der Waals surface area contributed by atoms with E-state index in [-0.39, 0.29) is 0 Å². The van der Waals surface area contributed by atoms with E-state index < -0.39 is 10.0 Å². The molecule has 1 aromatic carbocycles. The summed E-state index contributed by atoms with van der Waals surface area (Å²) in [4.78, 5) is 7.35. The highest BCUT2D eigenvalue weighted by atomic mass is 32.2. The quantitative estimate of drug-likeness (QED) is 0.774. The summed E-state index contributed by atoms with van der Waals surface area (Å²) in [5.74, 6) is 0. The van der Waals surface area contributed by atoms with Crippen molar-refractivity contribution in [2.45, 2.75) is 31.6 Å². The molecular weight excluding hydrogens is 382 g/mol. The monoisotopic (exact) mass is 409 g/mol. The Hall–Kier alpha value is -1.48. The molecule has 148 valence electrons. The minimum Gasteiger partial charge on any atom is -0.379 e. The Balaban J connectivity index is 0.00000102. The molecule has 0 radical (unpaired) electrons. The van der Waals surface area contributed by atoms with Crippen LogP contribution in [0.1, 0.15) is 26.7 Å². The minimum atomic E-state index is -3.44. The van der Waals surface area contributed by atoms with Crippen molar-refractivity contribution in [3.05, 3.63) is 29.6 Å². The lowest BCUT2D eigenvalue weighted by Crippen LogP contribution is -2.40. The Morgan fingerprint density at radius 1 is 1.00 bits per heavy atom. The largest absolute Gasteiger partial charge is 0.379 e. The number of anilines is 1. The summed E-state index contributed by atoms with van der Waals surface area (Å²) in [5, 5.41) is 3.09. The molecule has 1 aromatic heterocycles. The minimum absolute atomic E-state index is 0.327. The number of rotatable bonds is 4. The molecule has 0 unspecified atom stereocenters. The van der Waals surface area contributed by atoms with E-state index in [1.54, 1.807) is 23.5 Å². The van der Waals surface area contributed by atoms with E-state index in [0.717, 1.165) is 29.5 Å². The van der Waals surface area contributed by atoms with Gasteiger partial charge < -0.3 is 9.64 Å². The molecule has 2 aliphatic heterocycles. The van der Waals surface area contributed by atoms with E-state index >= 15 is 0 Å². The second-order valence-corrected chi connectivity index (χ2v) is 9.02. The third-order valence-corrected chi connectivity index (χ3v) is 7.44. The average molecular weight is 410 g/mol. The molecule has 6 nitrogen and oxygen atoms in total. The van der Waals surface area contributed by atoms with Crippen LogP contribution in [0.3, 0.4) is 0 Å². The molecule has 0 bridgehead atoms. The van der Waals surface area contributed by atoms with Gasteiger partial charge in [0.25, 0.3) is 0 Å². The van der Waals surface area contributed by atoms with Crippen LogP contribution in [0.25, 0.3) is 11.3 Å². The Labute approximate surface area is 165 Å². The molecule has 0 atom stereocenters. The van der Waals surface area contributed by atoms with Gasteiger partial charge in [0.1, 0.15) is 0 Å². The van der Waals surface area contributed by atoms with Crippen molar-refractivity contribution in [3.8, 4) is 11.3 Å². The van der Waals surface area contributed by atoms with Crippen molar-refractivity contribution >= 4 is 26.5 Å². The highest BCUT2D eigenvalue weighted by Crippen LogP contribution is 2.30. The van der Waals surface area contributed by atoms with Crippen LogP contribution in [0.4, 0.5) is 5.13 Å². The molecule has 8 heteroatoms. The average Bonchev–Trinajstić information content (AvgIpc) is 3.42. The van der Waals surface area contributed by atoms with Gasteiger partial charge in [-0.15, -0.1) is 11.3 Å². The number of thiazole rings is 1. The van der Waals surface area contributed by atoms with Gasteiger partial charge in [-0.2, -0.15) is 4.31 Å². The summed E-state index contributed by atoms with van der Waals surface area (Å²) in [6.07, 6.45) is 2.45. The maximum atomic E-state index is 12.7. The first-order valence-corrected chi connectivity index (χ1v) is 11.9. The Bertz CT molecular complexity index is 822. The topological polar surface area (TPSA) is 62.7 Å². The molecule has 3 heterocycles. The fourth-order valence-corrected chi connectivity index (χ4v) is 5.48. The fourth-order valence-electron chi connectivity index (χ4n) is 3.18. The van der Waals surface area contributed by atoms with Gasteiger partial charge in [-0.25, -0.2) is 13.4 Å². The Morgan fingerprint density at radius 2 is 1.63 bits per heavy atom. The van der Waals surface area contributed by atoms with E-state index in [4.69, 9.17) is 9.72 Å². The molecule has 0 spiro atoms. The van der Waals surface area contributed by atoms with E-state index in [9.17, 15) is 8.42 Å². The van der Waals surface area contributed by atoms with Gasteiger partial charge in [0.15, 0.2) is 5.13 Å². The molecule has 2 aliphatic rings. The van der Waals surface area contributed by atoms with Crippen LogP contribution in [0, 0.1) is 0 Å². The summed E-state index contributed by atoms with van der Waals surface area (Å²) in [6.45, 7) is 7.88. The van der Waals surface area contributed by atoms with E-state index in [2.05, 4.69) is 4.90 Å². The molecule has 2 aromatic rings. The van der Waals surface area contributed by atoms with Gasteiger partial charge in [0.2, 0.25) is 10.0 Å². The predicted molar refractivity (Wildman–Crippen MR) is 110 cm³/mol. The summed E-state index contributed by atoms with van der Waals surface area (Å²) < 4.78 is 32.0. The van der Waals surface area contributed by atoms with Gasteiger partial charge in [-0.1, -0.05) is 26.0 Å². The number of nitrogens with zero attached hydrogens (tertiary/aromatic N) is 3. The maximum Gasteiger partial charge on any atom is 0.243 e. The molecule has 0 amide bonds. The molecule has 27 heavy (non-hydrogen) atoms. The summed E-state index contributed by atoms with van der Waals surface area (Å²) >= 11 is 1.65. The standard InChI is InChI=1S/C17H21N3O3S2.C2H6/c21-25(22,20-9-11-23-12-10-20)15-5-3-14(4-6-15)16-13-24-17(18-16)19-7-1-2-8-19;1-2/h3-6,13H,1-2,7-12H2;1-2H3. The number of aromatic nitrogens is 1. The number of morpholine rings is 1. The predicted octanol–water partition coefficient (Wildman–Crippen LogP) is 3.46. The number of hydrogen-bond acceptors (Lipinski definition) is 6. The first-order chi connectivity index (χ1) is 13.1. The number of hydrogen-bond donors (Lipinski definition) is 0. The zero-order valence-electron chi connectivity index (χ0n) is 15.9. The van der Waals surface area contributed by atoms with Gasteiger partial charge >= 0.3 is 0 Å². The third-order valence-electron chi connectivity index (χ3n) is 4.63. The third kappa shape index (κ3) is 4.51. The first-order valence-electron chi connectivity index (χ1n) is 9.53. The van der Waals surface area contributed by atoms with Crippen LogP contribution in [-0.4, -0.2) is 57.1 Å². The van der Waals surface area contributed by atoms with Crippen LogP contribution in [-0.2, 0) is 14.8 Å². The van der Waals surface area contributed by atoms with Gasteiger partial charge in [-0.05, 0) is 25.0 Å². The highest BCUT2D eigenvalue weighted by molar-refractivity contribution is 7.89. The highest BCUT2D eigenvalue weighted by Gasteiger charge is 2.26. The van der Waals surface area contributed by atoms with Crippen molar-refractivity contribution in [2.75, 3.05) is 44.3 Å². The van der Waals surface area contributed by atoms with Gasteiger partial charge in [0, 0.05) is 37.1 Å². The smallest absolute Gasteiger partial charge is 0.243 e. The molecular formula is C19H27N3O3S2. The molecule has 0 N–H and O–H groups in total. The maximum absolute atomic E-state index is 12.7. The summed E-state index contributed by atoms with van der Waals surface area (Å²) in [7, 11) is -3.44. The van der Waals surface area contributed by atoms with Gasteiger partial charge in [-0.3, -0.25) is 0 Å². The zero-order valence-corrected chi connectivity index (χ0v) is 17.6. The van der Waals surface area contributed by atoms with E-state index in [1.807, 2.05) is 31.4 Å². The van der Waals surface area contributed by atoms with E-state index in [0.29, 0.717) is 31.2 Å². The fraction of sp³-hybridized carbons (Fsp3) is 0.526. The second kappa shape index (κ2) is 9.14. The van der Waals surface area contributed by atoms with Crippen molar-refractivity contribution in [2.24, 2.45) is 0 Å². The molecule has 2 fully saturated rings. The van der Waals surface area contributed by atoms with Crippen LogP contribution in [0.2, 0.25) is 0 Å². The van der Waals surface area contributed by atoms with Crippen molar-refractivity contribution < 1.29 is 13.2 Å². The first kappa shape index (κ1) is 20.3. The zero-order chi connectivity index (χ0) is 19.3. The lowest BCUT2D eigenvalue weighted by atomic mass is 10.2. The Morgan fingerprint density at radius 3 is 2.26 bits per heavy atom. The van der Waals surface area contributed by atoms with Crippen LogP contribution in [0.15, 0.2) is 34.5 Å². The normalized spacial score (nSPS) is 18.2. The molecule has 2 saturated heterocycles. The second-order valence-electron chi connectivity index (χ2n) is 6.25. The molecule has 0 saturated carbocycles. The van der Waals surface area contributed by atoms with Crippen molar-refractivity contribution in [3.63, 3.8) is 0 Å². The lowest BCUT2D eigenvalue weighted by molar-refractivity contribution is 0.0730. The Kier molecular flexibility index (Phi) is 6.86. The summed E-state index contributed by atoms with van der Waals surface area (Å²) in [5.41, 5.74) is 1.85. The molecule has 4 rings (SSSR count). The number of benzene rings is 1. The molecule has 0 aliphatic carbocycles.